The number of hydrogen-bond donors (Lipinski definition) is 2. The first-order chi connectivity index (χ1) is 14.6. The molecule has 1 aromatic heterocycles. The van der Waals surface area contributed by atoms with E-state index < -0.39 is 0 Å². The maximum atomic E-state index is 9.50. The van der Waals surface area contributed by atoms with Crippen molar-refractivity contribution in [1.82, 2.24) is 15.5 Å². The molecule has 0 aliphatic heterocycles. The van der Waals surface area contributed by atoms with Crippen molar-refractivity contribution >= 4 is 11.3 Å². The second kappa shape index (κ2) is 9.09. The summed E-state index contributed by atoms with van der Waals surface area (Å²) in [5, 5.41) is 32.8. The molecule has 156 valence electrons. The molecule has 2 aliphatic carbocycles. The predicted molar refractivity (Wildman–Crippen MR) is 117 cm³/mol. The van der Waals surface area contributed by atoms with Gasteiger partial charge in [-0.25, -0.2) is 0 Å². The number of allylic oxidation sites excluding steroid dienone is 3. The zero-order chi connectivity index (χ0) is 21.1. The summed E-state index contributed by atoms with van der Waals surface area (Å²) >= 11 is 1.59. The molecule has 6 nitrogen and oxygen atoms in total. The number of hydrogen-bond acceptors (Lipinski definition) is 7. The molecule has 0 saturated heterocycles. The number of nitrogens with zero attached hydrogens (tertiary/aromatic N) is 3. The molecular weight excluding hydrogens is 396 g/mol. The topological polar surface area (TPSA) is 91.1 Å². The lowest BCUT2D eigenvalue weighted by molar-refractivity contribution is 0.242. The monoisotopic (exact) mass is 422 g/mol. The fourth-order valence-electron chi connectivity index (χ4n) is 4.29. The first-order valence-electron chi connectivity index (χ1n) is 10.4. The fourth-order valence-corrected chi connectivity index (χ4v) is 5.28. The van der Waals surface area contributed by atoms with E-state index in [1.165, 1.54) is 5.57 Å². The molecule has 0 radical (unpaired) electrons. The van der Waals surface area contributed by atoms with Crippen molar-refractivity contribution in [1.29, 1.82) is 5.26 Å². The molecule has 4 rings (SSSR count). The fraction of sp³-hybridized carbons (Fsp3) is 0.435. The number of aliphatic hydroxyl groups is 1. The lowest BCUT2D eigenvalue weighted by Gasteiger charge is -2.25. The molecule has 1 saturated carbocycles. The Morgan fingerprint density at radius 3 is 2.97 bits per heavy atom. The van der Waals surface area contributed by atoms with Crippen LogP contribution in [0, 0.1) is 17.2 Å². The summed E-state index contributed by atoms with van der Waals surface area (Å²) in [4.78, 5) is 0. The summed E-state index contributed by atoms with van der Waals surface area (Å²) in [6.45, 7) is 4.65. The standard InChI is InChI=1S/C23H26N4O2S/c1-14(2)29-21-9-6-15(12-16(21)13-24)22-26-27-23(30-22)19-5-3-4-18-17(19)7-8-20(18)25-10-11-28/h3-6,9,12,14,17,19-20,25,28H,7-8,10-11H2,1-2H3. The van der Waals surface area contributed by atoms with Gasteiger partial charge in [-0.15, -0.1) is 10.2 Å². The van der Waals surface area contributed by atoms with Gasteiger partial charge in [0.2, 0.25) is 0 Å². The van der Waals surface area contributed by atoms with Crippen molar-refractivity contribution < 1.29 is 9.84 Å². The third-order valence-corrected chi connectivity index (χ3v) is 6.65. The van der Waals surface area contributed by atoms with E-state index in [-0.39, 0.29) is 18.6 Å². The van der Waals surface area contributed by atoms with E-state index in [2.05, 4.69) is 39.8 Å². The van der Waals surface area contributed by atoms with Gasteiger partial charge in [0.15, 0.2) is 0 Å². The summed E-state index contributed by atoms with van der Waals surface area (Å²) in [6, 6.07) is 8.15. The molecule has 2 N–H and O–H groups in total. The Kier molecular flexibility index (Phi) is 6.28. The lowest BCUT2D eigenvalue weighted by Crippen LogP contribution is -2.31. The third kappa shape index (κ3) is 4.17. The number of rotatable bonds is 7. The van der Waals surface area contributed by atoms with E-state index in [0.29, 0.717) is 29.8 Å². The highest BCUT2D eigenvalue weighted by Crippen LogP contribution is 2.45. The molecule has 2 aliphatic rings. The Bertz CT molecular complexity index is 1000. The number of ether oxygens (including phenoxy) is 1. The minimum atomic E-state index is 0.0125. The van der Waals surface area contributed by atoms with Crippen LogP contribution in [0.4, 0.5) is 0 Å². The van der Waals surface area contributed by atoms with Crippen molar-refractivity contribution in [3.63, 3.8) is 0 Å². The third-order valence-electron chi connectivity index (χ3n) is 5.58. The Balaban J connectivity index is 1.55. The van der Waals surface area contributed by atoms with Crippen LogP contribution in [0.2, 0.25) is 0 Å². The van der Waals surface area contributed by atoms with E-state index >= 15 is 0 Å². The van der Waals surface area contributed by atoms with Gasteiger partial charge in [0.25, 0.3) is 0 Å². The van der Waals surface area contributed by atoms with Crippen molar-refractivity contribution in [2.75, 3.05) is 13.2 Å². The van der Waals surface area contributed by atoms with Crippen molar-refractivity contribution in [3.8, 4) is 22.4 Å². The molecule has 2 aromatic rings. The van der Waals surface area contributed by atoms with Gasteiger partial charge in [0.05, 0.1) is 18.3 Å². The maximum absolute atomic E-state index is 9.50. The van der Waals surface area contributed by atoms with Crippen LogP contribution in [-0.4, -0.2) is 40.6 Å². The highest BCUT2D eigenvalue weighted by atomic mass is 32.1. The smallest absolute Gasteiger partial charge is 0.147 e. The van der Waals surface area contributed by atoms with Crippen molar-refractivity contribution in [2.45, 2.75) is 44.8 Å². The number of benzene rings is 1. The zero-order valence-corrected chi connectivity index (χ0v) is 18.0. The summed E-state index contributed by atoms with van der Waals surface area (Å²) in [6.07, 6.45) is 8.72. The van der Waals surface area contributed by atoms with Crippen LogP contribution in [0.1, 0.15) is 43.2 Å². The number of aromatic nitrogens is 2. The summed E-state index contributed by atoms with van der Waals surface area (Å²) in [5.41, 5.74) is 2.79. The molecule has 1 heterocycles. The molecule has 0 bridgehead atoms. The molecule has 30 heavy (non-hydrogen) atoms. The second-order valence-electron chi connectivity index (χ2n) is 7.93. The average molecular weight is 423 g/mol. The van der Waals surface area contributed by atoms with E-state index in [1.54, 1.807) is 11.3 Å². The van der Waals surface area contributed by atoms with Crippen LogP contribution >= 0.6 is 11.3 Å². The summed E-state index contributed by atoms with van der Waals surface area (Å²) in [5.74, 6) is 1.23. The number of nitrogens with one attached hydrogen (secondary N) is 1. The number of fused-ring (bicyclic) bond motifs is 1. The first-order valence-corrected chi connectivity index (χ1v) is 11.2. The number of aliphatic hydroxyl groups excluding tert-OH is 1. The molecule has 0 spiro atoms. The Hall–Kier alpha value is -2.53. The largest absolute Gasteiger partial charge is 0.490 e. The van der Waals surface area contributed by atoms with Crippen LogP contribution in [0.3, 0.4) is 0 Å². The van der Waals surface area contributed by atoms with E-state index in [0.717, 1.165) is 28.4 Å². The van der Waals surface area contributed by atoms with Crippen LogP contribution in [-0.2, 0) is 0 Å². The minimum Gasteiger partial charge on any atom is -0.490 e. The quantitative estimate of drug-likeness (QED) is 0.705. The van der Waals surface area contributed by atoms with Gasteiger partial charge < -0.3 is 15.2 Å². The Labute approximate surface area is 180 Å². The molecule has 1 fully saturated rings. The van der Waals surface area contributed by atoms with Crippen LogP contribution < -0.4 is 10.1 Å². The molecular formula is C23H26N4O2S. The van der Waals surface area contributed by atoms with Gasteiger partial charge in [0, 0.05) is 24.1 Å². The minimum absolute atomic E-state index is 0.0125. The van der Waals surface area contributed by atoms with Gasteiger partial charge >= 0.3 is 0 Å². The van der Waals surface area contributed by atoms with Crippen LogP contribution in [0.25, 0.3) is 10.6 Å². The van der Waals surface area contributed by atoms with E-state index in [4.69, 9.17) is 9.84 Å². The van der Waals surface area contributed by atoms with E-state index in [1.807, 2.05) is 32.0 Å². The normalized spacial score (nSPS) is 22.6. The second-order valence-corrected chi connectivity index (χ2v) is 8.94. The highest BCUT2D eigenvalue weighted by molar-refractivity contribution is 7.14. The maximum Gasteiger partial charge on any atom is 0.147 e. The number of nitriles is 1. The average Bonchev–Trinajstić information content (AvgIpc) is 3.39. The molecule has 0 amide bonds. The summed E-state index contributed by atoms with van der Waals surface area (Å²) in [7, 11) is 0. The molecule has 3 unspecified atom stereocenters. The van der Waals surface area contributed by atoms with Gasteiger partial charge in [-0.2, -0.15) is 5.26 Å². The highest BCUT2D eigenvalue weighted by Gasteiger charge is 2.37. The Morgan fingerprint density at radius 1 is 1.33 bits per heavy atom. The molecule has 7 heteroatoms. The predicted octanol–water partition coefficient (Wildman–Crippen LogP) is 3.80. The summed E-state index contributed by atoms with van der Waals surface area (Å²) < 4.78 is 5.72. The van der Waals surface area contributed by atoms with Gasteiger partial charge in [0.1, 0.15) is 21.8 Å². The van der Waals surface area contributed by atoms with Gasteiger partial charge in [-0.1, -0.05) is 29.6 Å². The SMILES string of the molecule is CC(C)Oc1ccc(-c2nnc(C3C=CC=C4C(NCCO)CCC43)s2)cc1C#N. The first kappa shape index (κ1) is 20.7. The molecule has 1 aromatic carbocycles. The zero-order valence-electron chi connectivity index (χ0n) is 17.2. The molecule has 3 atom stereocenters. The van der Waals surface area contributed by atoms with Gasteiger partial charge in [-0.05, 0) is 56.4 Å². The Morgan fingerprint density at radius 2 is 2.20 bits per heavy atom. The van der Waals surface area contributed by atoms with Crippen molar-refractivity contribution in [3.05, 3.63) is 52.6 Å². The van der Waals surface area contributed by atoms with Crippen molar-refractivity contribution in [2.24, 2.45) is 5.92 Å². The van der Waals surface area contributed by atoms with E-state index in [9.17, 15) is 5.26 Å². The van der Waals surface area contributed by atoms with Gasteiger partial charge in [-0.3, -0.25) is 0 Å². The van der Waals surface area contributed by atoms with Crippen LogP contribution in [0.15, 0.2) is 42.0 Å². The van der Waals surface area contributed by atoms with Crippen LogP contribution in [0.5, 0.6) is 5.75 Å². The lowest BCUT2D eigenvalue weighted by atomic mass is 9.84.